The van der Waals surface area contributed by atoms with E-state index in [2.05, 4.69) is 22.5 Å². The van der Waals surface area contributed by atoms with E-state index in [1.54, 1.807) is 65.8 Å². The summed E-state index contributed by atoms with van der Waals surface area (Å²) in [6.07, 6.45) is 4.12. The largest absolute Gasteiger partial charge is 0.458 e. The molecule has 0 saturated heterocycles. The van der Waals surface area contributed by atoms with Gasteiger partial charge in [-0.1, -0.05) is 62.1 Å². The summed E-state index contributed by atoms with van der Waals surface area (Å²) in [5, 5.41) is 24.0. The van der Waals surface area contributed by atoms with Crippen molar-refractivity contribution in [2.24, 2.45) is 5.92 Å². The van der Waals surface area contributed by atoms with Crippen LogP contribution in [-0.4, -0.2) is 51.7 Å². The molecule has 0 unspecified atom stereocenters. The van der Waals surface area contributed by atoms with Crippen molar-refractivity contribution in [3.05, 3.63) is 82.4 Å². The van der Waals surface area contributed by atoms with Gasteiger partial charge in [0.15, 0.2) is 5.78 Å². The highest BCUT2D eigenvalue weighted by Crippen LogP contribution is 2.13. The van der Waals surface area contributed by atoms with Crippen molar-refractivity contribution in [1.29, 1.82) is 0 Å². The number of rotatable bonds is 15. The fourth-order valence-electron chi connectivity index (χ4n) is 4.43. The topological polar surface area (TPSA) is 151 Å². The lowest BCUT2D eigenvalue weighted by atomic mass is 10.0. The third kappa shape index (κ3) is 15.1. The smallest absolute Gasteiger partial charge is 0.408 e. The molecule has 0 aliphatic carbocycles. The highest BCUT2D eigenvalue weighted by molar-refractivity contribution is 5.92. The number of nitrogens with one attached hydrogen (secondary N) is 2. The van der Waals surface area contributed by atoms with Gasteiger partial charge in [-0.25, -0.2) is 9.59 Å². The Morgan fingerprint density at radius 3 is 2.09 bits per heavy atom. The molecular formula is C37H48N2O8. The first kappa shape index (κ1) is 38.7. The van der Waals surface area contributed by atoms with Crippen LogP contribution in [0.15, 0.2) is 54.6 Å². The number of carbonyl (C=O) groups is 4. The standard InChI is InChI=1S/C37H48N2O8/c1-25(2)34(39-36(45)47-37(4,5)6)35(44)38-26(3)32(42)13-10-12-27-15-17-28(18-16-27)24-46-33(43)14-9-7-8-11-29-19-30(22-40)21-31(20-29)23-41/h9,14-21,25-26,34,40-41H,7,10,12-13,22-24H2,1-6H3,(H,38,44)(H,39,45)/b14-9+/t26-,34-/m0/s1. The molecular weight excluding hydrogens is 600 g/mol. The number of Topliss-reactive ketones (excluding diaryl/α,β-unsaturated/α-hetero) is 1. The zero-order valence-corrected chi connectivity index (χ0v) is 28.2. The third-order valence-electron chi connectivity index (χ3n) is 6.88. The maximum Gasteiger partial charge on any atom is 0.408 e. The van der Waals surface area contributed by atoms with Crippen LogP contribution in [0.5, 0.6) is 0 Å². The second-order valence-electron chi connectivity index (χ2n) is 12.6. The number of ether oxygens (including phenoxy) is 2. The number of aliphatic hydroxyl groups is 2. The van der Waals surface area contributed by atoms with Gasteiger partial charge in [-0.3, -0.25) is 9.59 Å². The first-order valence-corrected chi connectivity index (χ1v) is 15.8. The zero-order chi connectivity index (χ0) is 35.0. The maximum atomic E-state index is 12.8. The number of alkyl carbamates (subject to hydrolysis) is 1. The molecule has 0 saturated carbocycles. The molecule has 10 nitrogen and oxygen atoms in total. The van der Waals surface area contributed by atoms with Crippen LogP contribution in [0.2, 0.25) is 0 Å². The van der Waals surface area contributed by atoms with E-state index in [-0.39, 0.29) is 37.9 Å². The van der Waals surface area contributed by atoms with E-state index in [0.717, 1.165) is 11.1 Å². The number of carbonyl (C=O) groups excluding carboxylic acids is 4. The summed E-state index contributed by atoms with van der Waals surface area (Å²) in [7, 11) is 0. The number of aryl methyl sites for hydroxylation is 1. The number of aliphatic hydroxyl groups excluding tert-OH is 2. The predicted molar refractivity (Wildman–Crippen MR) is 179 cm³/mol. The molecule has 10 heteroatoms. The Hall–Kier alpha value is -4.46. The molecule has 0 bridgehead atoms. The van der Waals surface area contributed by atoms with Gasteiger partial charge in [0.1, 0.15) is 18.2 Å². The van der Waals surface area contributed by atoms with Gasteiger partial charge in [-0.05, 0) is 80.8 Å². The SMILES string of the molecule is CC(C)[C@H](NC(=O)OC(C)(C)C)C(=O)N[C@@H](C)C(=O)CCCc1ccc(COC(=O)/C=C/CC#Cc2cc(CO)cc(CO)c2)cc1. The Bertz CT molecular complexity index is 1420. The normalized spacial score (nSPS) is 12.5. The number of hydrogen-bond acceptors (Lipinski definition) is 8. The van der Waals surface area contributed by atoms with Gasteiger partial charge in [-0.2, -0.15) is 0 Å². The third-order valence-corrected chi connectivity index (χ3v) is 6.88. The van der Waals surface area contributed by atoms with Crippen molar-refractivity contribution < 1.29 is 38.9 Å². The zero-order valence-electron chi connectivity index (χ0n) is 28.2. The molecule has 0 fully saturated rings. The first-order valence-electron chi connectivity index (χ1n) is 15.8. The highest BCUT2D eigenvalue weighted by atomic mass is 16.6. The molecule has 47 heavy (non-hydrogen) atoms. The number of allylic oxidation sites excluding steroid dienone is 1. The monoisotopic (exact) mass is 648 g/mol. The van der Waals surface area contributed by atoms with E-state index in [1.807, 2.05) is 24.3 Å². The van der Waals surface area contributed by atoms with Gasteiger partial charge in [0.25, 0.3) is 0 Å². The summed E-state index contributed by atoms with van der Waals surface area (Å²) in [5.74, 6) is 4.66. The van der Waals surface area contributed by atoms with Crippen molar-refractivity contribution in [3.63, 3.8) is 0 Å². The summed E-state index contributed by atoms with van der Waals surface area (Å²) in [6, 6.07) is 11.3. The number of esters is 1. The van der Waals surface area contributed by atoms with Crippen LogP contribution in [-0.2, 0) is 50.1 Å². The molecule has 0 aliphatic rings. The van der Waals surface area contributed by atoms with Crippen LogP contribution >= 0.6 is 0 Å². The van der Waals surface area contributed by atoms with Gasteiger partial charge in [0.2, 0.25) is 5.91 Å². The number of benzene rings is 2. The van der Waals surface area contributed by atoms with Gasteiger partial charge in [0.05, 0.1) is 19.3 Å². The Morgan fingerprint density at radius 1 is 0.894 bits per heavy atom. The fourth-order valence-corrected chi connectivity index (χ4v) is 4.43. The van der Waals surface area contributed by atoms with E-state index in [9.17, 15) is 29.4 Å². The lowest BCUT2D eigenvalue weighted by Gasteiger charge is -2.26. The van der Waals surface area contributed by atoms with Crippen molar-refractivity contribution >= 4 is 23.8 Å². The van der Waals surface area contributed by atoms with Crippen LogP contribution in [0.1, 0.15) is 88.6 Å². The Morgan fingerprint density at radius 2 is 1.51 bits per heavy atom. The molecule has 0 radical (unpaired) electrons. The molecule has 4 N–H and O–H groups in total. The fraction of sp³-hybridized carbons (Fsp3) is 0.459. The molecule has 2 atom stereocenters. The number of hydrogen-bond donors (Lipinski definition) is 4. The molecule has 2 amide bonds. The summed E-state index contributed by atoms with van der Waals surface area (Å²) >= 11 is 0. The van der Waals surface area contributed by atoms with E-state index < -0.39 is 35.7 Å². The van der Waals surface area contributed by atoms with Gasteiger partial charge < -0.3 is 30.3 Å². The van der Waals surface area contributed by atoms with Gasteiger partial charge in [0, 0.05) is 24.5 Å². The number of ketones is 1. The lowest BCUT2D eigenvalue weighted by Crippen LogP contribution is -2.53. The molecule has 0 heterocycles. The molecule has 2 aromatic rings. The summed E-state index contributed by atoms with van der Waals surface area (Å²) < 4.78 is 10.6. The highest BCUT2D eigenvalue weighted by Gasteiger charge is 2.28. The average molecular weight is 649 g/mol. The van der Waals surface area contributed by atoms with Crippen molar-refractivity contribution in [2.75, 3.05) is 0 Å². The maximum absolute atomic E-state index is 12.8. The van der Waals surface area contributed by atoms with Crippen molar-refractivity contribution in [1.82, 2.24) is 10.6 Å². The molecule has 2 rings (SSSR count). The van der Waals surface area contributed by atoms with E-state index >= 15 is 0 Å². The summed E-state index contributed by atoms with van der Waals surface area (Å²) in [6.45, 7) is 10.3. The number of amides is 2. The molecule has 254 valence electrons. The summed E-state index contributed by atoms with van der Waals surface area (Å²) in [5.41, 5.74) is 3.17. The van der Waals surface area contributed by atoms with Crippen LogP contribution in [0, 0.1) is 17.8 Å². The summed E-state index contributed by atoms with van der Waals surface area (Å²) in [4.78, 5) is 49.7. The van der Waals surface area contributed by atoms with Crippen molar-refractivity contribution in [3.8, 4) is 11.8 Å². The molecule has 0 aliphatic heterocycles. The predicted octanol–water partition coefficient (Wildman–Crippen LogP) is 4.66. The van der Waals surface area contributed by atoms with Crippen molar-refractivity contribution in [2.45, 2.75) is 105 Å². The van der Waals surface area contributed by atoms with Crippen LogP contribution in [0.25, 0.3) is 0 Å². The van der Waals surface area contributed by atoms with Crippen LogP contribution in [0.4, 0.5) is 4.79 Å². The minimum atomic E-state index is -0.835. The minimum Gasteiger partial charge on any atom is -0.458 e. The molecule has 2 aromatic carbocycles. The van der Waals surface area contributed by atoms with Crippen LogP contribution in [0.3, 0.4) is 0 Å². The van der Waals surface area contributed by atoms with E-state index in [1.165, 1.54) is 6.08 Å². The average Bonchev–Trinajstić information content (AvgIpc) is 3.01. The molecule has 0 aromatic heterocycles. The molecule has 0 spiro atoms. The Kier molecular flexibility index (Phi) is 15.9. The lowest BCUT2D eigenvalue weighted by molar-refractivity contribution is -0.139. The van der Waals surface area contributed by atoms with Gasteiger partial charge >= 0.3 is 12.1 Å². The Labute approximate surface area is 277 Å². The second kappa shape index (κ2) is 19.3. The van der Waals surface area contributed by atoms with Crippen LogP contribution < -0.4 is 10.6 Å². The van der Waals surface area contributed by atoms with E-state index in [0.29, 0.717) is 36.0 Å². The second-order valence-corrected chi connectivity index (χ2v) is 12.6. The minimum absolute atomic E-state index is 0.104. The van der Waals surface area contributed by atoms with E-state index in [4.69, 9.17) is 9.47 Å². The quantitative estimate of drug-likeness (QED) is 0.124. The Balaban J connectivity index is 1.73. The van der Waals surface area contributed by atoms with Gasteiger partial charge in [-0.15, -0.1) is 0 Å². The first-order chi connectivity index (χ1) is 22.2.